The van der Waals surface area contributed by atoms with Gasteiger partial charge in [-0.15, -0.1) is 0 Å². The molecule has 0 aliphatic carbocycles. The van der Waals surface area contributed by atoms with Crippen molar-refractivity contribution >= 4 is 0 Å². The summed E-state index contributed by atoms with van der Waals surface area (Å²) in [7, 11) is 0. The maximum Gasteiger partial charge on any atom is 0.123 e. The molecule has 2 rings (SSSR count). The monoisotopic (exact) mass is 286 g/mol. The lowest BCUT2D eigenvalue weighted by Gasteiger charge is -2.08. The number of hydrogen-bond donors (Lipinski definition) is 1. The van der Waals surface area contributed by atoms with E-state index in [2.05, 4.69) is 11.8 Å². The Morgan fingerprint density at radius 3 is 1.90 bits per heavy atom. The highest BCUT2D eigenvalue weighted by Gasteiger charge is 1.96. The zero-order valence-electron chi connectivity index (χ0n) is 11.4. The second-order valence-corrected chi connectivity index (χ2v) is 4.14. The van der Waals surface area contributed by atoms with E-state index >= 15 is 0 Å². The minimum atomic E-state index is -0.289. The molecule has 0 fully saturated rings. The van der Waals surface area contributed by atoms with Gasteiger partial charge in [-0.25, -0.2) is 4.39 Å². The van der Waals surface area contributed by atoms with Crippen LogP contribution in [0, 0.1) is 17.7 Å². The van der Waals surface area contributed by atoms with Crippen molar-refractivity contribution in [1.29, 1.82) is 0 Å². The van der Waals surface area contributed by atoms with Gasteiger partial charge in [0.05, 0.1) is 0 Å². The molecule has 0 saturated heterocycles. The van der Waals surface area contributed by atoms with Gasteiger partial charge in [0.25, 0.3) is 0 Å². The Morgan fingerprint density at radius 2 is 1.38 bits per heavy atom. The quantitative estimate of drug-likeness (QED) is 0.678. The fourth-order valence-electron chi connectivity index (χ4n) is 1.63. The van der Waals surface area contributed by atoms with Crippen molar-refractivity contribution < 1.29 is 19.0 Å². The van der Waals surface area contributed by atoms with Crippen LogP contribution < -0.4 is 9.47 Å². The van der Waals surface area contributed by atoms with Crippen LogP contribution in [-0.2, 0) is 0 Å². The molecule has 2 aromatic rings. The Bertz CT molecular complexity index is 609. The summed E-state index contributed by atoms with van der Waals surface area (Å²) in [4.78, 5) is 0. The van der Waals surface area contributed by atoms with Gasteiger partial charge in [0.15, 0.2) is 0 Å². The average molecular weight is 286 g/mol. The number of halogens is 1. The molecule has 3 nitrogen and oxygen atoms in total. The van der Waals surface area contributed by atoms with Crippen molar-refractivity contribution in [3.63, 3.8) is 0 Å². The SMILES string of the molecule is OCC#Cc1ccc(OCCOc2ccc(F)cc2)cc1. The number of ether oxygens (including phenoxy) is 2. The van der Waals surface area contributed by atoms with Gasteiger partial charge in [-0.1, -0.05) is 11.8 Å². The van der Waals surface area contributed by atoms with E-state index in [9.17, 15) is 4.39 Å². The fraction of sp³-hybridized carbons (Fsp3) is 0.176. The summed E-state index contributed by atoms with van der Waals surface area (Å²) >= 11 is 0. The second-order valence-electron chi connectivity index (χ2n) is 4.14. The maximum absolute atomic E-state index is 12.7. The molecular weight excluding hydrogens is 271 g/mol. The number of benzene rings is 2. The Morgan fingerprint density at radius 1 is 0.857 bits per heavy atom. The minimum absolute atomic E-state index is 0.154. The molecule has 0 aliphatic rings. The zero-order valence-corrected chi connectivity index (χ0v) is 11.4. The molecule has 0 amide bonds. The lowest BCUT2D eigenvalue weighted by Crippen LogP contribution is -2.08. The molecule has 4 heteroatoms. The molecule has 0 saturated carbocycles. The molecule has 0 radical (unpaired) electrons. The predicted molar refractivity (Wildman–Crippen MR) is 77.8 cm³/mol. The van der Waals surface area contributed by atoms with E-state index in [1.54, 1.807) is 24.3 Å². The summed E-state index contributed by atoms with van der Waals surface area (Å²) in [6.45, 7) is 0.607. The van der Waals surface area contributed by atoms with Crippen LogP contribution in [0.25, 0.3) is 0 Å². The third kappa shape index (κ3) is 5.17. The first-order chi connectivity index (χ1) is 10.3. The highest BCUT2D eigenvalue weighted by Crippen LogP contribution is 2.13. The smallest absolute Gasteiger partial charge is 0.123 e. The molecule has 0 unspecified atom stereocenters. The summed E-state index contributed by atoms with van der Waals surface area (Å²) < 4.78 is 23.6. The van der Waals surface area contributed by atoms with Gasteiger partial charge >= 0.3 is 0 Å². The minimum Gasteiger partial charge on any atom is -0.490 e. The van der Waals surface area contributed by atoms with Crippen LogP contribution in [0.1, 0.15) is 5.56 Å². The summed E-state index contributed by atoms with van der Waals surface area (Å²) in [5.74, 6) is 6.41. The topological polar surface area (TPSA) is 38.7 Å². The second kappa shape index (κ2) is 7.93. The highest BCUT2D eigenvalue weighted by molar-refractivity contribution is 5.38. The summed E-state index contributed by atoms with van der Waals surface area (Å²) in [6.07, 6.45) is 0. The molecule has 0 atom stereocenters. The van der Waals surface area contributed by atoms with Crippen LogP contribution >= 0.6 is 0 Å². The van der Waals surface area contributed by atoms with Crippen LogP contribution in [0.4, 0.5) is 4.39 Å². The molecular formula is C17H15FO3. The summed E-state index contributed by atoms with van der Waals surface area (Å²) in [5, 5.41) is 8.60. The van der Waals surface area contributed by atoms with Gasteiger partial charge in [0.2, 0.25) is 0 Å². The van der Waals surface area contributed by atoms with E-state index in [0.29, 0.717) is 24.7 Å². The number of aliphatic hydroxyl groups is 1. The van der Waals surface area contributed by atoms with E-state index in [1.807, 2.05) is 12.1 Å². The van der Waals surface area contributed by atoms with Crippen molar-refractivity contribution in [2.75, 3.05) is 19.8 Å². The normalized spacial score (nSPS) is 9.62. The van der Waals surface area contributed by atoms with Crippen molar-refractivity contribution in [3.8, 4) is 23.3 Å². The van der Waals surface area contributed by atoms with Crippen molar-refractivity contribution in [3.05, 3.63) is 59.9 Å². The van der Waals surface area contributed by atoms with Gasteiger partial charge in [0.1, 0.15) is 37.1 Å². The first kappa shape index (κ1) is 14.9. The number of hydrogen-bond acceptors (Lipinski definition) is 3. The molecule has 2 aromatic carbocycles. The summed E-state index contributed by atoms with van der Waals surface area (Å²) in [5.41, 5.74) is 0.818. The summed E-state index contributed by atoms with van der Waals surface area (Å²) in [6, 6.07) is 13.1. The molecule has 108 valence electrons. The highest BCUT2D eigenvalue weighted by atomic mass is 19.1. The van der Waals surface area contributed by atoms with E-state index < -0.39 is 0 Å². The molecule has 0 aliphatic heterocycles. The van der Waals surface area contributed by atoms with E-state index in [4.69, 9.17) is 14.6 Å². The molecule has 0 bridgehead atoms. The van der Waals surface area contributed by atoms with E-state index in [0.717, 1.165) is 5.56 Å². The first-order valence-electron chi connectivity index (χ1n) is 6.49. The van der Waals surface area contributed by atoms with Gasteiger partial charge in [-0.3, -0.25) is 0 Å². The van der Waals surface area contributed by atoms with Crippen LogP contribution in [0.2, 0.25) is 0 Å². The first-order valence-corrected chi connectivity index (χ1v) is 6.49. The lowest BCUT2D eigenvalue weighted by molar-refractivity contribution is 0.217. The Hall–Kier alpha value is -2.51. The van der Waals surface area contributed by atoms with Crippen LogP contribution in [0.15, 0.2) is 48.5 Å². The number of rotatable bonds is 5. The fourth-order valence-corrected chi connectivity index (χ4v) is 1.63. The number of aliphatic hydroxyl groups excluding tert-OH is 1. The van der Waals surface area contributed by atoms with Crippen LogP contribution in [0.5, 0.6) is 11.5 Å². The largest absolute Gasteiger partial charge is 0.490 e. The van der Waals surface area contributed by atoms with E-state index in [-0.39, 0.29) is 12.4 Å². The third-order valence-electron chi connectivity index (χ3n) is 2.60. The van der Waals surface area contributed by atoms with Crippen molar-refractivity contribution in [2.45, 2.75) is 0 Å². The van der Waals surface area contributed by atoms with Gasteiger partial charge in [-0.05, 0) is 48.5 Å². The average Bonchev–Trinajstić information content (AvgIpc) is 2.52. The Labute approximate surface area is 122 Å². The molecule has 0 aromatic heterocycles. The maximum atomic E-state index is 12.7. The third-order valence-corrected chi connectivity index (χ3v) is 2.60. The van der Waals surface area contributed by atoms with E-state index in [1.165, 1.54) is 12.1 Å². The Balaban J connectivity index is 1.74. The predicted octanol–water partition coefficient (Wildman–Crippen LogP) is 2.63. The van der Waals surface area contributed by atoms with Crippen molar-refractivity contribution in [2.24, 2.45) is 0 Å². The van der Waals surface area contributed by atoms with Crippen LogP contribution in [-0.4, -0.2) is 24.9 Å². The van der Waals surface area contributed by atoms with Gasteiger partial charge < -0.3 is 14.6 Å². The Kier molecular flexibility index (Phi) is 5.62. The molecule has 0 spiro atoms. The zero-order chi connectivity index (χ0) is 14.9. The molecule has 0 heterocycles. The van der Waals surface area contributed by atoms with Crippen molar-refractivity contribution in [1.82, 2.24) is 0 Å². The molecule has 21 heavy (non-hydrogen) atoms. The standard InChI is InChI=1S/C17H15FO3/c18-15-5-9-17(10-6-15)21-13-12-20-16-7-3-14(4-8-16)2-1-11-19/h3-10,19H,11-13H2. The van der Waals surface area contributed by atoms with Gasteiger partial charge in [-0.2, -0.15) is 0 Å². The molecule has 1 N–H and O–H groups in total. The van der Waals surface area contributed by atoms with Gasteiger partial charge in [0, 0.05) is 5.56 Å². The lowest BCUT2D eigenvalue weighted by atomic mass is 10.2. The van der Waals surface area contributed by atoms with Crippen LogP contribution in [0.3, 0.4) is 0 Å².